The van der Waals surface area contributed by atoms with E-state index >= 15 is 0 Å². The number of aryl methyl sites for hydroxylation is 1. The maximum atomic E-state index is 13.3. The Morgan fingerprint density at radius 1 is 1.06 bits per heavy atom. The molecule has 1 amide bonds. The smallest absolute Gasteiger partial charge is 0.234 e. The standard InChI is InChI=1S/C24H20ClFN4OS/c1-16-7-10-19(11-8-16)30-22(13-17-5-3-2-4-6-17)28-29-24(30)32-15-23(31)27-18-9-12-21(26)20(25)14-18/h2-12,14H,13,15H2,1H3,(H,27,31). The first kappa shape index (κ1) is 22.0. The van der Waals surface area contributed by atoms with E-state index in [1.165, 1.54) is 30.0 Å². The second-order valence-corrected chi connectivity index (χ2v) is 8.55. The molecule has 4 aromatic rings. The van der Waals surface area contributed by atoms with Gasteiger partial charge in [-0.05, 0) is 42.8 Å². The van der Waals surface area contributed by atoms with Crippen LogP contribution in [0.4, 0.5) is 10.1 Å². The first-order chi connectivity index (χ1) is 15.5. The molecule has 0 unspecified atom stereocenters. The van der Waals surface area contributed by atoms with Crippen molar-refractivity contribution in [3.8, 4) is 5.69 Å². The normalized spacial score (nSPS) is 10.8. The van der Waals surface area contributed by atoms with E-state index in [9.17, 15) is 9.18 Å². The summed E-state index contributed by atoms with van der Waals surface area (Å²) in [5.41, 5.74) is 3.64. The van der Waals surface area contributed by atoms with E-state index in [1.54, 1.807) is 0 Å². The first-order valence-electron chi connectivity index (χ1n) is 9.92. The number of carbonyl (C=O) groups excluding carboxylic acids is 1. The number of thioether (sulfide) groups is 1. The number of hydrogen-bond acceptors (Lipinski definition) is 4. The molecule has 32 heavy (non-hydrogen) atoms. The average molecular weight is 467 g/mol. The summed E-state index contributed by atoms with van der Waals surface area (Å²) >= 11 is 7.07. The number of anilines is 1. The molecule has 0 saturated heterocycles. The molecule has 0 radical (unpaired) electrons. The van der Waals surface area contributed by atoms with Crippen molar-refractivity contribution in [3.05, 3.63) is 101 Å². The van der Waals surface area contributed by atoms with Gasteiger partial charge in [-0.2, -0.15) is 0 Å². The minimum absolute atomic E-state index is 0.0416. The number of hydrogen-bond donors (Lipinski definition) is 1. The van der Waals surface area contributed by atoms with Gasteiger partial charge in [-0.3, -0.25) is 9.36 Å². The fourth-order valence-corrected chi connectivity index (χ4v) is 4.09. The summed E-state index contributed by atoms with van der Waals surface area (Å²) in [5.74, 6) is 0.120. The molecule has 0 bridgehead atoms. The van der Waals surface area contributed by atoms with Crippen LogP contribution in [-0.4, -0.2) is 26.4 Å². The quantitative estimate of drug-likeness (QED) is 0.355. The van der Waals surface area contributed by atoms with Gasteiger partial charge in [0.05, 0.1) is 10.8 Å². The van der Waals surface area contributed by atoms with Gasteiger partial charge in [0.1, 0.15) is 11.6 Å². The van der Waals surface area contributed by atoms with Gasteiger partial charge >= 0.3 is 0 Å². The molecule has 3 aromatic carbocycles. The lowest BCUT2D eigenvalue weighted by Crippen LogP contribution is -2.14. The van der Waals surface area contributed by atoms with Gasteiger partial charge in [0.2, 0.25) is 5.91 Å². The molecule has 0 spiro atoms. The summed E-state index contributed by atoms with van der Waals surface area (Å²) in [6.07, 6.45) is 0.614. The van der Waals surface area contributed by atoms with E-state index in [-0.39, 0.29) is 16.7 Å². The number of rotatable bonds is 7. The Morgan fingerprint density at radius 3 is 2.53 bits per heavy atom. The molecule has 1 heterocycles. The fraction of sp³-hybridized carbons (Fsp3) is 0.125. The van der Waals surface area contributed by atoms with Crippen LogP contribution in [-0.2, 0) is 11.2 Å². The zero-order valence-electron chi connectivity index (χ0n) is 17.3. The predicted octanol–water partition coefficient (Wildman–Crippen LogP) is 5.69. The van der Waals surface area contributed by atoms with Gasteiger partial charge in [0.25, 0.3) is 0 Å². The van der Waals surface area contributed by atoms with E-state index in [2.05, 4.69) is 15.5 Å². The van der Waals surface area contributed by atoms with Crippen LogP contribution in [0.1, 0.15) is 17.0 Å². The summed E-state index contributed by atoms with van der Waals surface area (Å²) in [4.78, 5) is 12.4. The van der Waals surface area contributed by atoms with E-state index in [4.69, 9.17) is 11.6 Å². The van der Waals surface area contributed by atoms with Crippen molar-refractivity contribution in [1.29, 1.82) is 0 Å². The van der Waals surface area contributed by atoms with Gasteiger partial charge in [0, 0.05) is 17.8 Å². The number of benzene rings is 3. The topological polar surface area (TPSA) is 59.8 Å². The van der Waals surface area contributed by atoms with Gasteiger partial charge in [-0.25, -0.2) is 4.39 Å². The summed E-state index contributed by atoms with van der Waals surface area (Å²) in [6, 6.07) is 22.2. The Morgan fingerprint density at radius 2 is 1.81 bits per heavy atom. The summed E-state index contributed by atoms with van der Waals surface area (Å²) < 4.78 is 15.3. The van der Waals surface area contributed by atoms with Crippen LogP contribution < -0.4 is 5.32 Å². The van der Waals surface area contributed by atoms with Gasteiger partial charge in [-0.1, -0.05) is 71.4 Å². The molecular weight excluding hydrogens is 447 g/mol. The number of nitrogens with one attached hydrogen (secondary N) is 1. The fourth-order valence-electron chi connectivity index (χ4n) is 3.14. The molecule has 0 aliphatic rings. The molecular formula is C24H20ClFN4OS. The summed E-state index contributed by atoms with van der Waals surface area (Å²) in [5, 5.41) is 12.0. The van der Waals surface area contributed by atoms with Gasteiger partial charge in [0.15, 0.2) is 5.16 Å². The highest BCUT2D eigenvalue weighted by molar-refractivity contribution is 7.99. The summed E-state index contributed by atoms with van der Waals surface area (Å²) in [6.45, 7) is 2.03. The van der Waals surface area contributed by atoms with E-state index < -0.39 is 5.82 Å². The van der Waals surface area contributed by atoms with E-state index in [0.29, 0.717) is 17.3 Å². The van der Waals surface area contributed by atoms with Crippen LogP contribution in [0.25, 0.3) is 5.69 Å². The average Bonchev–Trinajstić information content (AvgIpc) is 3.18. The Bertz CT molecular complexity index is 1230. The Hall–Kier alpha value is -3.16. The van der Waals surface area contributed by atoms with Crippen LogP contribution in [0.2, 0.25) is 5.02 Å². The van der Waals surface area contributed by atoms with E-state index in [1.807, 2.05) is 66.1 Å². The highest BCUT2D eigenvalue weighted by atomic mass is 35.5. The number of halogens is 2. The molecule has 5 nitrogen and oxygen atoms in total. The van der Waals surface area contributed by atoms with E-state index in [0.717, 1.165) is 22.6 Å². The Labute approximate surface area is 194 Å². The third-order valence-electron chi connectivity index (χ3n) is 4.73. The van der Waals surface area contributed by atoms with Crippen LogP contribution in [0.5, 0.6) is 0 Å². The number of carbonyl (C=O) groups is 1. The maximum Gasteiger partial charge on any atom is 0.234 e. The lowest BCUT2D eigenvalue weighted by atomic mass is 10.1. The van der Waals surface area contributed by atoms with Crippen LogP contribution in [0.15, 0.2) is 78.0 Å². The Kier molecular flexibility index (Phi) is 6.87. The zero-order valence-corrected chi connectivity index (χ0v) is 18.8. The molecule has 0 aliphatic carbocycles. The molecule has 1 aromatic heterocycles. The molecule has 4 rings (SSSR count). The second kappa shape index (κ2) is 9.97. The molecule has 0 aliphatic heterocycles. The second-order valence-electron chi connectivity index (χ2n) is 7.20. The number of aromatic nitrogens is 3. The highest BCUT2D eigenvalue weighted by Gasteiger charge is 2.16. The number of amides is 1. The van der Waals surface area contributed by atoms with Crippen molar-refractivity contribution >= 4 is 35.0 Å². The third-order valence-corrected chi connectivity index (χ3v) is 5.95. The van der Waals surface area contributed by atoms with Crippen molar-refractivity contribution in [1.82, 2.24) is 14.8 Å². The van der Waals surface area contributed by atoms with Crippen LogP contribution in [0, 0.1) is 12.7 Å². The predicted molar refractivity (Wildman–Crippen MR) is 126 cm³/mol. The summed E-state index contributed by atoms with van der Waals surface area (Å²) in [7, 11) is 0. The largest absolute Gasteiger partial charge is 0.325 e. The lowest BCUT2D eigenvalue weighted by molar-refractivity contribution is -0.113. The van der Waals surface area contributed by atoms with Crippen molar-refractivity contribution in [2.45, 2.75) is 18.5 Å². The number of nitrogens with zero attached hydrogens (tertiary/aromatic N) is 3. The first-order valence-corrected chi connectivity index (χ1v) is 11.3. The minimum atomic E-state index is -0.531. The molecule has 0 atom stereocenters. The lowest BCUT2D eigenvalue weighted by Gasteiger charge is -2.11. The van der Waals surface area contributed by atoms with Crippen molar-refractivity contribution in [2.75, 3.05) is 11.1 Å². The van der Waals surface area contributed by atoms with Crippen molar-refractivity contribution in [2.24, 2.45) is 0 Å². The SMILES string of the molecule is Cc1ccc(-n2c(Cc3ccccc3)nnc2SCC(=O)Nc2ccc(F)c(Cl)c2)cc1. The molecule has 8 heteroatoms. The van der Waals surface area contributed by atoms with Crippen molar-refractivity contribution in [3.63, 3.8) is 0 Å². The molecule has 1 N–H and O–H groups in total. The Balaban J connectivity index is 1.54. The zero-order chi connectivity index (χ0) is 22.5. The van der Waals surface area contributed by atoms with Gasteiger partial charge in [-0.15, -0.1) is 10.2 Å². The monoisotopic (exact) mass is 466 g/mol. The molecule has 0 fully saturated rings. The minimum Gasteiger partial charge on any atom is -0.325 e. The van der Waals surface area contributed by atoms with Crippen LogP contribution in [0.3, 0.4) is 0 Å². The molecule has 0 saturated carbocycles. The maximum absolute atomic E-state index is 13.3. The molecule has 162 valence electrons. The van der Waals surface area contributed by atoms with Gasteiger partial charge < -0.3 is 5.32 Å². The van der Waals surface area contributed by atoms with Crippen LogP contribution >= 0.6 is 23.4 Å². The highest BCUT2D eigenvalue weighted by Crippen LogP contribution is 2.25. The van der Waals surface area contributed by atoms with Crippen molar-refractivity contribution < 1.29 is 9.18 Å². The third kappa shape index (κ3) is 5.36.